The first-order chi connectivity index (χ1) is 8.95. The van der Waals surface area contributed by atoms with Gasteiger partial charge in [-0.05, 0) is 44.6 Å². The van der Waals surface area contributed by atoms with Gasteiger partial charge in [-0.15, -0.1) is 0 Å². The highest BCUT2D eigenvalue weighted by Gasteiger charge is 2.42. The Balaban J connectivity index is 2.15. The Bertz CT molecular complexity index is 442. The van der Waals surface area contributed by atoms with E-state index in [9.17, 15) is 13.9 Å². The largest absolute Gasteiger partial charge is 0.391 e. The van der Waals surface area contributed by atoms with Crippen LogP contribution < -0.4 is 0 Å². The molecule has 1 aliphatic carbocycles. The molecule has 1 aliphatic rings. The summed E-state index contributed by atoms with van der Waals surface area (Å²) >= 11 is 0. The van der Waals surface area contributed by atoms with Crippen molar-refractivity contribution in [2.75, 3.05) is 14.1 Å². The van der Waals surface area contributed by atoms with Gasteiger partial charge in [0.15, 0.2) is 11.6 Å². The van der Waals surface area contributed by atoms with Crippen molar-refractivity contribution in [3.63, 3.8) is 0 Å². The van der Waals surface area contributed by atoms with Gasteiger partial charge >= 0.3 is 0 Å². The van der Waals surface area contributed by atoms with E-state index in [0.717, 1.165) is 31.7 Å². The zero-order chi connectivity index (χ0) is 14.0. The highest BCUT2D eigenvalue weighted by Crippen LogP contribution is 2.37. The van der Waals surface area contributed by atoms with Crippen molar-refractivity contribution in [2.24, 2.45) is 0 Å². The monoisotopic (exact) mass is 269 g/mol. The van der Waals surface area contributed by atoms with Crippen LogP contribution in [0.3, 0.4) is 0 Å². The smallest absolute Gasteiger partial charge is 0.159 e. The van der Waals surface area contributed by atoms with E-state index in [4.69, 9.17) is 0 Å². The molecule has 2 rings (SSSR count). The molecule has 1 fully saturated rings. The fraction of sp³-hybridized carbons (Fsp3) is 0.600. The van der Waals surface area contributed by atoms with Crippen LogP contribution >= 0.6 is 0 Å². The van der Waals surface area contributed by atoms with Crippen LogP contribution in [0, 0.1) is 11.6 Å². The molecule has 2 nitrogen and oxygen atoms in total. The van der Waals surface area contributed by atoms with Gasteiger partial charge in [-0.2, -0.15) is 0 Å². The fourth-order valence-electron chi connectivity index (χ4n) is 3.15. The van der Waals surface area contributed by atoms with Gasteiger partial charge in [-0.25, -0.2) is 8.78 Å². The second-order valence-electron chi connectivity index (χ2n) is 5.67. The molecule has 0 heterocycles. The number of aliphatic hydroxyl groups excluding tert-OH is 1. The Morgan fingerprint density at radius 3 is 2.37 bits per heavy atom. The summed E-state index contributed by atoms with van der Waals surface area (Å²) in [5, 5.41) is 10.5. The first kappa shape index (κ1) is 14.4. The van der Waals surface area contributed by atoms with Crippen LogP contribution in [0.2, 0.25) is 0 Å². The summed E-state index contributed by atoms with van der Waals surface area (Å²) in [6.07, 6.45) is 3.90. The second-order valence-corrected chi connectivity index (χ2v) is 5.67. The Kier molecular flexibility index (Phi) is 4.21. The van der Waals surface area contributed by atoms with Crippen LogP contribution in [0.4, 0.5) is 8.78 Å². The number of aliphatic hydroxyl groups is 1. The fourth-order valence-corrected chi connectivity index (χ4v) is 3.15. The molecule has 1 aromatic rings. The molecule has 0 bridgehead atoms. The van der Waals surface area contributed by atoms with Crippen LogP contribution in [0.15, 0.2) is 18.2 Å². The lowest BCUT2D eigenvalue weighted by Gasteiger charge is -2.40. The average molecular weight is 269 g/mol. The first-order valence-corrected chi connectivity index (χ1v) is 6.75. The zero-order valence-corrected chi connectivity index (χ0v) is 11.5. The number of nitrogens with zero attached hydrogens (tertiary/aromatic N) is 1. The quantitative estimate of drug-likeness (QED) is 0.908. The van der Waals surface area contributed by atoms with Crippen LogP contribution in [0.25, 0.3) is 0 Å². The lowest BCUT2D eigenvalue weighted by molar-refractivity contribution is -0.00254. The second kappa shape index (κ2) is 5.55. The standard InChI is InChI=1S/C15H21F2NO/c1-18(2)15(7-3-4-8-15)14(19)10-11-5-6-12(16)13(17)9-11/h5-6,9,14,19H,3-4,7-8,10H2,1-2H3. The number of benzene rings is 1. The van der Waals surface area contributed by atoms with Crippen LogP contribution in [0.5, 0.6) is 0 Å². The summed E-state index contributed by atoms with van der Waals surface area (Å²) in [4.78, 5) is 2.07. The van der Waals surface area contributed by atoms with Gasteiger partial charge in [-0.3, -0.25) is 0 Å². The first-order valence-electron chi connectivity index (χ1n) is 6.75. The molecular weight excluding hydrogens is 248 g/mol. The van der Waals surface area contributed by atoms with Crippen LogP contribution in [0.1, 0.15) is 31.2 Å². The third-order valence-corrected chi connectivity index (χ3v) is 4.39. The minimum atomic E-state index is -0.852. The van der Waals surface area contributed by atoms with Gasteiger partial charge in [0.25, 0.3) is 0 Å². The molecule has 0 saturated heterocycles. The summed E-state index contributed by atoms with van der Waals surface area (Å²) in [6, 6.07) is 3.84. The van der Waals surface area contributed by atoms with E-state index in [-0.39, 0.29) is 5.54 Å². The number of hydrogen-bond donors (Lipinski definition) is 1. The molecule has 1 N–H and O–H groups in total. The topological polar surface area (TPSA) is 23.5 Å². The normalized spacial score (nSPS) is 19.9. The number of rotatable bonds is 4. The summed E-state index contributed by atoms with van der Waals surface area (Å²) in [6.45, 7) is 0. The lowest BCUT2D eigenvalue weighted by atomic mass is 9.85. The van der Waals surface area contributed by atoms with E-state index in [1.54, 1.807) is 6.07 Å². The number of halogens is 2. The maximum absolute atomic E-state index is 13.2. The summed E-state index contributed by atoms with van der Waals surface area (Å²) < 4.78 is 26.1. The maximum Gasteiger partial charge on any atom is 0.159 e. The third kappa shape index (κ3) is 2.79. The number of hydrogen-bond acceptors (Lipinski definition) is 2. The van der Waals surface area contributed by atoms with Gasteiger partial charge in [0.2, 0.25) is 0 Å². The molecule has 1 saturated carbocycles. The highest BCUT2D eigenvalue weighted by molar-refractivity contribution is 5.20. The van der Waals surface area contributed by atoms with Crippen molar-refractivity contribution in [3.05, 3.63) is 35.4 Å². The molecule has 19 heavy (non-hydrogen) atoms. The van der Waals surface area contributed by atoms with Gasteiger partial charge < -0.3 is 10.0 Å². The van der Waals surface area contributed by atoms with Crippen molar-refractivity contribution in [1.29, 1.82) is 0 Å². The van der Waals surface area contributed by atoms with Gasteiger partial charge in [0.05, 0.1) is 6.10 Å². The Labute approximate surface area is 113 Å². The molecule has 1 aromatic carbocycles. The summed E-state index contributed by atoms with van der Waals surface area (Å²) in [5.41, 5.74) is 0.407. The number of likely N-dealkylation sites (N-methyl/N-ethyl adjacent to an activating group) is 1. The minimum absolute atomic E-state index is 0.231. The van der Waals surface area contributed by atoms with Gasteiger partial charge in [-0.1, -0.05) is 18.9 Å². The molecule has 0 spiro atoms. The minimum Gasteiger partial charge on any atom is -0.391 e. The summed E-state index contributed by atoms with van der Waals surface area (Å²) in [5.74, 6) is -1.70. The van der Waals surface area contributed by atoms with Crippen molar-refractivity contribution in [2.45, 2.75) is 43.7 Å². The van der Waals surface area contributed by atoms with E-state index >= 15 is 0 Å². The van der Waals surface area contributed by atoms with E-state index < -0.39 is 17.7 Å². The van der Waals surface area contributed by atoms with Gasteiger partial charge in [0, 0.05) is 12.0 Å². The Hall–Kier alpha value is -1.00. The Morgan fingerprint density at radius 1 is 1.21 bits per heavy atom. The SMILES string of the molecule is CN(C)C1(C(O)Cc2ccc(F)c(F)c2)CCCC1. The zero-order valence-electron chi connectivity index (χ0n) is 11.5. The van der Waals surface area contributed by atoms with E-state index in [0.29, 0.717) is 12.0 Å². The maximum atomic E-state index is 13.2. The van der Waals surface area contributed by atoms with Crippen LogP contribution in [-0.2, 0) is 6.42 Å². The van der Waals surface area contributed by atoms with E-state index in [1.807, 2.05) is 14.1 Å². The highest BCUT2D eigenvalue weighted by atomic mass is 19.2. The Morgan fingerprint density at radius 2 is 1.84 bits per heavy atom. The van der Waals surface area contributed by atoms with E-state index in [1.165, 1.54) is 6.07 Å². The van der Waals surface area contributed by atoms with E-state index in [2.05, 4.69) is 4.90 Å². The molecule has 0 aromatic heterocycles. The molecule has 1 atom stereocenters. The molecular formula is C15H21F2NO. The molecule has 1 unspecified atom stereocenters. The van der Waals surface area contributed by atoms with Crippen molar-refractivity contribution >= 4 is 0 Å². The molecule has 4 heteroatoms. The molecule has 0 amide bonds. The molecule has 0 aliphatic heterocycles. The summed E-state index contributed by atoms with van der Waals surface area (Å²) in [7, 11) is 3.94. The van der Waals surface area contributed by atoms with Crippen LogP contribution in [-0.4, -0.2) is 35.7 Å². The molecule has 106 valence electrons. The van der Waals surface area contributed by atoms with Gasteiger partial charge in [0.1, 0.15) is 0 Å². The lowest BCUT2D eigenvalue weighted by Crippen LogP contribution is -2.52. The average Bonchev–Trinajstić information content (AvgIpc) is 2.84. The third-order valence-electron chi connectivity index (χ3n) is 4.39. The van der Waals surface area contributed by atoms with Crippen molar-refractivity contribution in [3.8, 4) is 0 Å². The van der Waals surface area contributed by atoms with Crippen molar-refractivity contribution < 1.29 is 13.9 Å². The predicted octanol–water partition coefficient (Wildman–Crippen LogP) is 2.74. The molecule has 0 radical (unpaired) electrons. The van der Waals surface area contributed by atoms with Crippen molar-refractivity contribution in [1.82, 2.24) is 4.90 Å². The predicted molar refractivity (Wildman–Crippen MR) is 71.0 cm³/mol.